The lowest BCUT2D eigenvalue weighted by Crippen LogP contribution is -1.99. The number of nitrogens with zero attached hydrogens (tertiary/aromatic N) is 2. The molecule has 0 aliphatic carbocycles. The van der Waals surface area contributed by atoms with Crippen LogP contribution in [0.25, 0.3) is 22.9 Å². The van der Waals surface area contributed by atoms with Gasteiger partial charge in [0.2, 0.25) is 17.5 Å². The van der Waals surface area contributed by atoms with E-state index in [4.69, 9.17) is 18.6 Å². The zero-order valence-corrected chi connectivity index (χ0v) is 14.3. The lowest BCUT2D eigenvalue weighted by molar-refractivity contribution is 0.0697. The predicted octanol–water partition coefficient (Wildman–Crippen LogP) is 3.13. The number of ether oxygens (including phenoxy) is 3. The molecule has 8 heteroatoms. The Morgan fingerprint density at radius 2 is 1.58 bits per heavy atom. The monoisotopic (exact) mass is 356 g/mol. The average Bonchev–Trinajstić information content (AvgIpc) is 3.16. The van der Waals surface area contributed by atoms with Crippen LogP contribution in [0.5, 0.6) is 17.2 Å². The number of rotatable bonds is 6. The van der Waals surface area contributed by atoms with Crippen molar-refractivity contribution < 1.29 is 28.5 Å². The third kappa shape index (κ3) is 3.04. The number of benzene rings is 2. The van der Waals surface area contributed by atoms with Gasteiger partial charge in [-0.2, -0.15) is 0 Å². The molecule has 0 fully saturated rings. The molecule has 0 aliphatic heterocycles. The van der Waals surface area contributed by atoms with Gasteiger partial charge in [0, 0.05) is 5.56 Å². The molecular formula is C18H16N2O6. The Hall–Kier alpha value is -3.55. The molecule has 2 aromatic carbocycles. The van der Waals surface area contributed by atoms with E-state index in [-0.39, 0.29) is 17.3 Å². The minimum absolute atomic E-state index is 0.0765. The molecule has 0 saturated heterocycles. The molecule has 0 spiro atoms. The molecule has 0 saturated carbocycles. The van der Waals surface area contributed by atoms with Gasteiger partial charge in [-0.05, 0) is 24.3 Å². The number of carboxylic acid groups (broad SMARTS) is 1. The second kappa shape index (κ2) is 7.14. The Kier molecular flexibility index (Phi) is 4.74. The number of aromatic nitrogens is 2. The third-order valence-corrected chi connectivity index (χ3v) is 3.72. The van der Waals surface area contributed by atoms with Crippen molar-refractivity contribution in [2.45, 2.75) is 0 Å². The molecule has 26 heavy (non-hydrogen) atoms. The van der Waals surface area contributed by atoms with E-state index in [0.29, 0.717) is 28.4 Å². The Morgan fingerprint density at radius 1 is 0.962 bits per heavy atom. The van der Waals surface area contributed by atoms with E-state index in [1.807, 2.05) is 0 Å². The van der Waals surface area contributed by atoms with Crippen LogP contribution in [0.4, 0.5) is 0 Å². The van der Waals surface area contributed by atoms with Gasteiger partial charge in [-0.1, -0.05) is 12.1 Å². The second-order valence-corrected chi connectivity index (χ2v) is 5.18. The van der Waals surface area contributed by atoms with Crippen molar-refractivity contribution in [3.05, 3.63) is 42.0 Å². The number of carbonyl (C=O) groups is 1. The Morgan fingerprint density at radius 3 is 2.15 bits per heavy atom. The van der Waals surface area contributed by atoms with Gasteiger partial charge in [-0.15, -0.1) is 10.2 Å². The molecule has 0 bridgehead atoms. The summed E-state index contributed by atoms with van der Waals surface area (Å²) in [4.78, 5) is 11.4. The Bertz CT molecular complexity index is 925. The zero-order valence-electron chi connectivity index (χ0n) is 14.3. The van der Waals surface area contributed by atoms with Crippen molar-refractivity contribution in [2.75, 3.05) is 21.3 Å². The largest absolute Gasteiger partial charge is 0.493 e. The highest BCUT2D eigenvalue weighted by molar-refractivity contribution is 5.94. The second-order valence-electron chi connectivity index (χ2n) is 5.18. The summed E-state index contributed by atoms with van der Waals surface area (Å²) >= 11 is 0. The van der Waals surface area contributed by atoms with E-state index in [1.54, 1.807) is 30.3 Å². The van der Waals surface area contributed by atoms with Crippen LogP contribution in [-0.4, -0.2) is 42.6 Å². The molecule has 1 aromatic heterocycles. The molecule has 0 atom stereocenters. The maximum Gasteiger partial charge on any atom is 0.336 e. The molecular weight excluding hydrogens is 340 g/mol. The highest BCUT2D eigenvalue weighted by Gasteiger charge is 2.20. The van der Waals surface area contributed by atoms with Crippen LogP contribution >= 0.6 is 0 Å². The number of hydrogen-bond acceptors (Lipinski definition) is 7. The molecule has 0 aliphatic rings. The van der Waals surface area contributed by atoms with Crippen molar-refractivity contribution in [1.29, 1.82) is 0 Å². The van der Waals surface area contributed by atoms with Crippen LogP contribution in [0.3, 0.4) is 0 Å². The molecule has 134 valence electrons. The molecule has 1 N–H and O–H groups in total. The van der Waals surface area contributed by atoms with Gasteiger partial charge in [-0.25, -0.2) is 4.79 Å². The molecule has 3 rings (SSSR count). The highest BCUT2D eigenvalue weighted by atomic mass is 16.5. The predicted molar refractivity (Wildman–Crippen MR) is 91.8 cm³/mol. The number of aromatic carboxylic acids is 1. The van der Waals surface area contributed by atoms with Crippen LogP contribution in [-0.2, 0) is 0 Å². The maximum atomic E-state index is 11.4. The van der Waals surface area contributed by atoms with Crippen LogP contribution in [0, 0.1) is 0 Å². The van der Waals surface area contributed by atoms with E-state index >= 15 is 0 Å². The first-order valence-corrected chi connectivity index (χ1v) is 7.55. The summed E-state index contributed by atoms with van der Waals surface area (Å²) in [5.74, 6) is 0.536. The zero-order chi connectivity index (χ0) is 18.7. The number of carboxylic acids is 1. The average molecular weight is 356 g/mol. The normalized spacial score (nSPS) is 10.4. The summed E-state index contributed by atoms with van der Waals surface area (Å²) in [7, 11) is 4.51. The molecule has 0 radical (unpaired) electrons. The number of hydrogen-bond donors (Lipinski definition) is 1. The van der Waals surface area contributed by atoms with E-state index in [1.165, 1.54) is 27.4 Å². The van der Waals surface area contributed by atoms with Gasteiger partial charge in [0.05, 0.1) is 32.5 Å². The van der Waals surface area contributed by atoms with Gasteiger partial charge in [0.25, 0.3) is 0 Å². The van der Waals surface area contributed by atoms with E-state index < -0.39 is 5.97 Å². The molecule has 1 heterocycles. The lowest BCUT2D eigenvalue weighted by atomic mass is 10.1. The topological polar surface area (TPSA) is 104 Å². The van der Waals surface area contributed by atoms with Gasteiger partial charge in [0.1, 0.15) is 0 Å². The fourth-order valence-electron chi connectivity index (χ4n) is 2.51. The smallest absolute Gasteiger partial charge is 0.336 e. The van der Waals surface area contributed by atoms with Gasteiger partial charge in [0.15, 0.2) is 11.5 Å². The van der Waals surface area contributed by atoms with Crippen molar-refractivity contribution in [1.82, 2.24) is 10.2 Å². The fourth-order valence-corrected chi connectivity index (χ4v) is 2.51. The van der Waals surface area contributed by atoms with E-state index in [9.17, 15) is 9.90 Å². The van der Waals surface area contributed by atoms with Gasteiger partial charge < -0.3 is 23.7 Å². The number of methoxy groups -OCH3 is 3. The fraction of sp³-hybridized carbons (Fsp3) is 0.167. The highest BCUT2D eigenvalue weighted by Crippen LogP contribution is 2.41. The molecule has 0 amide bonds. The lowest BCUT2D eigenvalue weighted by Gasteiger charge is -2.12. The van der Waals surface area contributed by atoms with Crippen LogP contribution in [0.1, 0.15) is 10.4 Å². The summed E-state index contributed by atoms with van der Waals surface area (Å²) in [6.07, 6.45) is 0. The van der Waals surface area contributed by atoms with Crippen LogP contribution in [0.15, 0.2) is 40.8 Å². The van der Waals surface area contributed by atoms with Crippen molar-refractivity contribution in [3.8, 4) is 40.2 Å². The third-order valence-electron chi connectivity index (χ3n) is 3.72. The van der Waals surface area contributed by atoms with E-state index in [0.717, 1.165) is 0 Å². The van der Waals surface area contributed by atoms with Crippen LogP contribution in [0.2, 0.25) is 0 Å². The van der Waals surface area contributed by atoms with E-state index in [2.05, 4.69) is 10.2 Å². The first kappa shape index (κ1) is 17.3. The first-order valence-electron chi connectivity index (χ1n) is 7.55. The van der Waals surface area contributed by atoms with Crippen molar-refractivity contribution >= 4 is 5.97 Å². The summed E-state index contributed by atoms with van der Waals surface area (Å²) < 4.78 is 21.6. The van der Waals surface area contributed by atoms with Gasteiger partial charge in [-0.3, -0.25) is 0 Å². The summed E-state index contributed by atoms with van der Waals surface area (Å²) in [6.45, 7) is 0. The molecule has 8 nitrogen and oxygen atoms in total. The van der Waals surface area contributed by atoms with Crippen molar-refractivity contribution in [2.24, 2.45) is 0 Å². The minimum Gasteiger partial charge on any atom is -0.493 e. The quantitative estimate of drug-likeness (QED) is 0.718. The Balaban J connectivity index is 2.08. The molecule has 3 aromatic rings. The minimum atomic E-state index is -1.08. The Labute approximate surface area is 149 Å². The van der Waals surface area contributed by atoms with Crippen LogP contribution < -0.4 is 14.2 Å². The first-order chi connectivity index (χ1) is 12.6. The van der Waals surface area contributed by atoms with Gasteiger partial charge >= 0.3 is 5.97 Å². The summed E-state index contributed by atoms with van der Waals surface area (Å²) in [5.41, 5.74) is 0.963. The summed E-state index contributed by atoms with van der Waals surface area (Å²) in [6, 6.07) is 9.74. The SMILES string of the molecule is COc1cc(-c2nnc(-c3ccccc3C(=O)O)o2)cc(OC)c1OC. The molecule has 0 unspecified atom stereocenters. The van der Waals surface area contributed by atoms with Crippen molar-refractivity contribution in [3.63, 3.8) is 0 Å². The maximum absolute atomic E-state index is 11.4. The standard InChI is InChI=1S/C18H16N2O6/c1-23-13-8-10(9-14(24-2)15(13)25-3)16-19-20-17(26-16)11-6-4-5-7-12(11)18(21)22/h4-9H,1-3H3,(H,21,22). The summed E-state index contributed by atoms with van der Waals surface area (Å²) in [5, 5.41) is 17.3.